The monoisotopic (exact) mass is 350 g/mol. The second-order valence-electron chi connectivity index (χ2n) is 6.55. The van der Waals surface area contributed by atoms with Gasteiger partial charge in [0.2, 0.25) is 11.8 Å². The van der Waals surface area contributed by atoms with E-state index in [1.165, 1.54) is 0 Å². The van der Waals surface area contributed by atoms with Crippen LogP contribution in [-0.2, 0) is 9.59 Å². The minimum Gasteiger partial charge on any atom is -0.469 e. The van der Waals surface area contributed by atoms with Crippen LogP contribution in [0.3, 0.4) is 0 Å². The van der Waals surface area contributed by atoms with E-state index in [0.717, 1.165) is 5.70 Å². The molecule has 2 N–H and O–H groups in total. The minimum absolute atomic E-state index is 0.0684. The Hall–Kier alpha value is -3.15. The number of allylic oxidation sites excluding steroid dienone is 2. The number of hydrogen-bond donors (Lipinski definition) is 1. The van der Waals surface area contributed by atoms with Crippen LogP contribution in [0.15, 0.2) is 58.3 Å². The Morgan fingerprint density at radius 2 is 1.88 bits per heavy atom. The highest BCUT2D eigenvalue weighted by Crippen LogP contribution is 2.43. The Labute approximate surface area is 150 Å². The number of nitrogens with zero attached hydrogens (tertiary/aromatic N) is 1. The summed E-state index contributed by atoms with van der Waals surface area (Å²) < 4.78 is 5.49. The average Bonchev–Trinajstić information content (AvgIpc) is 3.16. The zero-order valence-electron chi connectivity index (χ0n) is 14.1. The topological polar surface area (TPSA) is 93.6 Å². The molecule has 132 valence electrons. The summed E-state index contributed by atoms with van der Waals surface area (Å²) in [6, 6.07) is 10.1. The number of carbonyl (C=O) groups excluding carboxylic acids is 3. The molecule has 1 aliphatic heterocycles. The van der Waals surface area contributed by atoms with E-state index < -0.39 is 5.91 Å². The van der Waals surface area contributed by atoms with Crippen molar-refractivity contribution in [3.8, 4) is 0 Å². The van der Waals surface area contributed by atoms with E-state index in [4.69, 9.17) is 10.2 Å². The van der Waals surface area contributed by atoms with Gasteiger partial charge in [-0.05, 0) is 49.2 Å². The van der Waals surface area contributed by atoms with Gasteiger partial charge in [-0.25, -0.2) is 0 Å². The Bertz CT molecular complexity index is 910. The lowest BCUT2D eigenvalue weighted by atomic mass is 9.79. The summed E-state index contributed by atoms with van der Waals surface area (Å²) in [5.41, 5.74) is 7.71. The minimum atomic E-state index is -0.521. The number of benzene rings is 1. The predicted molar refractivity (Wildman–Crippen MR) is 94.4 cm³/mol. The molecule has 1 atom stereocenters. The van der Waals surface area contributed by atoms with Crippen molar-refractivity contribution in [2.45, 2.75) is 31.6 Å². The average molecular weight is 350 g/mol. The molecule has 1 aromatic heterocycles. The van der Waals surface area contributed by atoms with Crippen molar-refractivity contribution in [2.24, 2.45) is 5.73 Å². The first-order chi connectivity index (χ1) is 12.6. The van der Waals surface area contributed by atoms with Gasteiger partial charge in [0.05, 0.1) is 12.2 Å². The summed E-state index contributed by atoms with van der Waals surface area (Å²) in [6.07, 6.45) is 3.59. The summed E-state index contributed by atoms with van der Waals surface area (Å²) in [6.45, 7) is 0. The van der Waals surface area contributed by atoms with Crippen LogP contribution >= 0.6 is 0 Å². The standard InChI is InChI=1S/C20H18N2O4/c21-20(25)12-6-8-13(9-7-12)22-15-3-1-4-16(23)19(15)14(11-18(22)24)17-5-2-10-26-17/h2,5-10,14H,1,3-4,11H2,(H2,21,25). The van der Waals surface area contributed by atoms with E-state index in [0.29, 0.717) is 41.8 Å². The zero-order chi connectivity index (χ0) is 18.3. The van der Waals surface area contributed by atoms with Gasteiger partial charge in [0, 0.05) is 35.4 Å². The molecule has 0 saturated carbocycles. The van der Waals surface area contributed by atoms with Crippen molar-refractivity contribution < 1.29 is 18.8 Å². The molecular weight excluding hydrogens is 332 g/mol. The van der Waals surface area contributed by atoms with Gasteiger partial charge in [-0.1, -0.05) is 0 Å². The van der Waals surface area contributed by atoms with E-state index in [9.17, 15) is 14.4 Å². The van der Waals surface area contributed by atoms with Crippen LogP contribution in [0.5, 0.6) is 0 Å². The van der Waals surface area contributed by atoms with Crippen molar-refractivity contribution in [1.82, 2.24) is 0 Å². The molecule has 4 rings (SSSR count). The first kappa shape index (κ1) is 16.3. The fourth-order valence-electron chi connectivity index (χ4n) is 3.80. The van der Waals surface area contributed by atoms with Gasteiger partial charge < -0.3 is 10.2 Å². The normalized spacial score (nSPS) is 20.3. The molecule has 1 aromatic carbocycles. The lowest BCUT2D eigenvalue weighted by Crippen LogP contribution is -2.40. The molecule has 26 heavy (non-hydrogen) atoms. The van der Waals surface area contributed by atoms with E-state index >= 15 is 0 Å². The summed E-state index contributed by atoms with van der Waals surface area (Å²) in [7, 11) is 0. The van der Waals surface area contributed by atoms with Crippen LogP contribution in [-0.4, -0.2) is 17.6 Å². The first-order valence-corrected chi connectivity index (χ1v) is 8.58. The van der Waals surface area contributed by atoms with Crippen LogP contribution in [0.1, 0.15) is 47.7 Å². The van der Waals surface area contributed by atoms with Crippen LogP contribution in [0.25, 0.3) is 0 Å². The molecule has 1 aliphatic carbocycles. The molecule has 2 amide bonds. The third-order valence-electron chi connectivity index (χ3n) is 4.97. The number of hydrogen-bond acceptors (Lipinski definition) is 4. The van der Waals surface area contributed by atoms with Gasteiger partial charge >= 0.3 is 0 Å². The Balaban J connectivity index is 1.81. The molecule has 2 heterocycles. The van der Waals surface area contributed by atoms with Crippen LogP contribution in [0.4, 0.5) is 5.69 Å². The molecule has 2 aromatic rings. The summed E-state index contributed by atoms with van der Waals surface area (Å²) in [5, 5.41) is 0. The fraction of sp³-hybridized carbons (Fsp3) is 0.250. The van der Waals surface area contributed by atoms with Crippen molar-refractivity contribution >= 4 is 23.3 Å². The van der Waals surface area contributed by atoms with Crippen LogP contribution < -0.4 is 10.6 Å². The van der Waals surface area contributed by atoms with Crippen molar-refractivity contribution in [3.05, 3.63) is 65.3 Å². The number of furan rings is 1. The molecule has 6 nitrogen and oxygen atoms in total. The van der Waals surface area contributed by atoms with Gasteiger partial charge in [0.25, 0.3) is 0 Å². The maximum absolute atomic E-state index is 12.9. The molecule has 0 spiro atoms. The number of rotatable bonds is 3. The predicted octanol–water partition coefficient (Wildman–Crippen LogP) is 2.91. The number of primary amides is 1. The SMILES string of the molecule is NC(=O)c1ccc(N2C(=O)CC(c3ccco3)C3=C2CCCC3=O)cc1. The lowest BCUT2D eigenvalue weighted by molar-refractivity contribution is -0.120. The second kappa shape index (κ2) is 6.29. The Kier molecular flexibility index (Phi) is 3.95. The Morgan fingerprint density at radius 3 is 2.54 bits per heavy atom. The fourth-order valence-corrected chi connectivity index (χ4v) is 3.80. The molecule has 1 unspecified atom stereocenters. The maximum atomic E-state index is 12.9. The zero-order valence-corrected chi connectivity index (χ0v) is 14.1. The quantitative estimate of drug-likeness (QED) is 0.921. The van der Waals surface area contributed by atoms with Crippen molar-refractivity contribution in [1.29, 1.82) is 0 Å². The number of nitrogens with two attached hydrogens (primary N) is 1. The van der Waals surface area contributed by atoms with Crippen LogP contribution in [0, 0.1) is 0 Å². The van der Waals surface area contributed by atoms with Crippen molar-refractivity contribution in [2.75, 3.05) is 4.90 Å². The molecule has 0 radical (unpaired) electrons. The number of Topliss-reactive ketones (excluding diaryl/α,β-unsaturated/α-hetero) is 1. The van der Waals surface area contributed by atoms with Crippen molar-refractivity contribution in [3.63, 3.8) is 0 Å². The summed E-state index contributed by atoms with van der Waals surface area (Å²) in [5.74, 6) is -0.232. The van der Waals surface area contributed by atoms with Crippen LogP contribution in [0.2, 0.25) is 0 Å². The highest BCUT2D eigenvalue weighted by atomic mass is 16.3. The molecular formula is C20H18N2O4. The second-order valence-corrected chi connectivity index (χ2v) is 6.55. The lowest BCUT2D eigenvalue weighted by Gasteiger charge is -2.37. The third kappa shape index (κ3) is 2.63. The summed E-state index contributed by atoms with van der Waals surface area (Å²) >= 11 is 0. The first-order valence-electron chi connectivity index (χ1n) is 8.58. The van der Waals surface area contributed by atoms with E-state index in [-0.39, 0.29) is 24.0 Å². The van der Waals surface area contributed by atoms with Gasteiger partial charge in [-0.3, -0.25) is 19.3 Å². The van der Waals surface area contributed by atoms with E-state index in [1.807, 2.05) is 6.07 Å². The molecule has 0 saturated heterocycles. The number of ketones is 1. The Morgan fingerprint density at radius 1 is 1.12 bits per heavy atom. The van der Waals surface area contributed by atoms with Gasteiger partial charge in [0.1, 0.15) is 5.76 Å². The maximum Gasteiger partial charge on any atom is 0.248 e. The highest BCUT2D eigenvalue weighted by molar-refractivity contribution is 6.07. The molecule has 2 aliphatic rings. The molecule has 0 bridgehead atoms. The number of anilines is 1. The molecule has 6 heteroatoms. The van der Waals surface area contributed by atoms with Gasteiger partial charge in [-0.15, -0.1) is 0 Å². The largest absolute Gasteiger partial charge is 0.469 e. The van der Waals surface area contributed by atoms with Gasteiger partial charge in [0.15, 0.2) is 5.78 Å². The number of amides is 2. The highest BCUT2D eigenvalue weighted by Gasteiger charge is 2.40. The third-order valence-corrected chi connectivity index (χ3v) is 4.97. The van der Waals surface area contributed by atoms with E-state index in [1.54, 1.807) is 41.5 Å². The summed E-state index contributed by atoms with van der Waals surface area (Å²) in [4.78, 5) is 38.5. The number of carbonyl (C=O) groups is 3. The molecule has 0 fully saturated rings. The van der Waals surface area contributed by atoms with Gasteiger partial charge in [-0.2, -0.15) is 0 Å². The van der Waals surface area contributed by atoms with E-state index in [2.05, 4.69) is 0 Å². The smallest absolute Gasteiger partial charge is 0.248 e.